The van der Waals surface area contributed by atoms with Crippen molar-refractivity contribution in [3.05, 3.63) is 46.5 Å². The summed E-state index contributed by atoms with van der Waals surface area (Å²) in [5.41, 5.74) is 4.00. The molecule has 1 unspecified atom stereocenters. The molecular formula is C12H14ClFN4O. The van der Waals surface area contributed by atoms with E-state index in [0.717, 1.165) is 0 Å². The quantitative estimate of drug-likeness (QED) is 0.663. The lowest BCUT2D eigenvalue weighted by Gasteiger charge is -2.19. The van der Waals surface area contributed by atoms with Gasteiger partial charge in [-0.3, -0.25) is 10.5 Å². The van der Waals surface area contributed by atoms with Crippen LogP contribution in [-0.2, 0) is 7.05 Å². The lowest BCUT2D eigenvalue weighted by molar-refractivity contribution is 0.401. The van der Waals surface area contributed by atoms with Gasteiger partial charge >= 0.3 is 0 Å². The van der Waals surface area contributed by atoms with Crippen molar-refractivity contribution in [2.45, 2.75) is 6.04 Å². The molecule has 0 saturated carbocycles. The Balaban J connectivity index is 2.52. The predicted octanol–water partition coefficient (Wildman–Crippen LogP) is 1.77. The lowest BCUT2D eigenvalue weighted by Crippen LogP contribution is -2.31. The molecule has 0 saturated heterocycles. The molecule has 0 bridgehead atoms. The standard InChI is InChI=1S/C12H14ClFN4O/c1-18-12(10(19-2)6-16-18)11(17-15)8-4-3-7(14)5-9(8)13/h3-6,11,17H,15H2,1-2H3. The molecule has 1 heterocycles. The van der Waals surface area contributed by atoms with Crippen LogP contribution >= 0.6 is 11.6 Å². The average molecular weight is 285 g/mol. The van der Waals surface area contributed by atoms with Crippen LogP contribution in [-0.4, -0.2) is 16.9 Å². The molecule has 3 N–H and O–H groups in total. The number of nitrogens with one attached hydrogen (secondary N) is 1. The molecule has 0 fully saturated rings. The number of methoxy groups -OCH3 is 1. The van der Waals surface area contributed by atoms with E-state index in [0.29, 0.717) is 17.0 Å². The Labute approximate surface area is 115 Å². The van der Waals surface area contributed by atoms with E-state index in [4.69, 9.17) is 22.2 Å². The first-order valence-corrected chi connectivity index (χ1v) is 5.93. The van der Waals surface area contributed by atoms with Gasteiger partial charge in [-0.05, 0) is 17.7 Å². The van der Waals surface area contributed by atoms with Gasteiger partial charge in [-0.15, -0.1) is 0 Å². The Morgan fingerprint density at radius 3 is 2.84 bits per heavy atom. The zero-order valence-electron chi connectivity index (χ0n) is 10.5. The summed E-state index contributed by atoms with van der Waals surface area (Å²) in [5.74, 6) is 5.77. The van der Waals surface area contributed by atoms with Crippen molar-refractivity contribution in [1.82, 2.24) is 15.2 Å². The van der Waals surface area contributed by atoms with Gasteiger partial charge in [0.2, 0.25) is 0 Å². The number of benzene rings is 1. The van der Waals surface area contributed by atoms with Gasteiger partial charge in [-0.2, -0.15) is 5.10 Å². The highest BCUT2D eigenvalue weighted by atomic mass is 35.5. The smallest absolute Gasteiger partial charge is 0.161 e. The van der Waals surface area contributed by atoms with E-state index in [1.54, 1.807) is 31.1 Å². The van der Waals surface area contributed by atoms with Gasteiger partial charge in [0.25, 0.3) is 0 Å². The van der Waals surface area contributed by atoms with Crippen molar-refractivity contribution in [2.75, 3.05) is 7.11 Å². The minimum atomic E-state index is -0.449. The summed E-state index contributed by atoms with van der Waals surface area (Å²) in [7, 11) is 3.31. The minimum absolute atomic E-state index is 0.284. The summed E-state index contributed by atoms with van der Waals surface area (Å²) in [4.78, 5) is 0. The fourth-order valence-electron chi connectivity index (χ4n) is 1.96. The Kier molecular flexibility index (Phi) is 4.04. The molecule has 102 valence electrons. The van der Waals surface area contributed by atoms with Crippen molar-refractivity contribution in [2.24, 2.45) is 12.9 Å². The molecule has 7 heteroatoms. The third-order valence-corrected chi connectivity index (χ3v) is 3.21. The summed E-state index contributed by atoms with van der Waals surface area (Å²) in [6.45, 7) is 0. The monoisotopic (exact) mass is 284 g/mol. The molecule has 0 aliphatic carbocycles. The maximum absolute atomic E-state index is 13.1. The molecule has 0 radical (unpaired) electrons. The van der Waals surface area contributed by atoms with Gasteiger partial charge < -0.3 is 4.74 Å². The SMILES string of the molecule is COc1cnn(C)c1C(NN)c1ccc(F)cc1Cl. The number of hydrogen-bond donors (Lipinski definition) is 2. The van der Waals surface area contributed by atoms with Crippen LogP contribution in [0.1, 0.15) is 17.3 Å². The third-order valence-electron chi connectivity index (χ3n) is 2.88. The summed E-state index contributed by atoms with van der Waals surface area (Å²) in [5, 5.41) is 4.39. The molecule has 19 heavy (non-hydrogen) atoms. The third kappa shape index (κ3) is 2.56. The molecule has 1 aromatic heterocycles. The maximum Gasteiger partial charge on any atom is 0.161 e. The largest absolute Gasteiger partial charge is 0.493 e. The highest BCUT2D eigenvalue weighted by molar-refractivity contribution is 6.31. The highest BCUT2D eigenvalue weighted by Crippen LogP contribution is 2.32. The molecule has 0 amide bonds. The fourth-order valence-corrected chi connectivity index (χ4v) is 2.24. The molecule has 0 aliphatic rings. The van der Waals surface area contributed by atoms with Crippen LogP contribution in [0.15, 0.2) is 24.4 Å². The van der Waals surface area contributed by atoms with Crippen LogP contribution in [0.25, 0.3) is 0 Å². The Morgan fingerprint density at radius 1 is 1.53 bits per heavy atom. The van der Waals surface area contributed by atoms with Crippen LogP contribution in [0.4, 0.5) is 4.39 Å². The second-order valence-corrected chi connectivity index (χ2v) is 4.39. The average Bonchev–Trinajstić information content (AvgIpc) is 2.74. The number of nitrogens with zero attached hydrogens (tertiary/aromatic N) is 2. The highest BCUT2D eigenvalue weighted by Gasteiger charge is 2.23. The van der Waals surface area contributed by atoms with E-state index < -0.39 is 11.9 Å². The molecule has 5 nitrogen and oxygen atoms in total. The zero-order valence-corrected chi connectivity index (χ0v) is 11.3. The molecule has 0 spiro atoms. The van der Waals surface area contributed by atoms with E-state index in [2.05, 4.69) is 10.5 Å². The summed E-state index contributed by atoms with van der Waals surface area (Å²) in [6.07, 6.45) is 1.58. The van der Waals surface area contributed by atoms with Crippen LogP contribution in [0.2, 0.25) is 5.02 Å². The number of hydrazine groups is 1. The van der Waals surface area contributed by atoms with Gasteiger partial charge in [-0.1, -0.05) is 17.7 Å². The van der Waals surface area contributed by atoms with Gasteiger partial charge in [0.1, 0.15) is 11.5 Å². The Bertz CT molecular complexity index is 587. The van der Waals surface area contributed by atoms with E-state index in [1.807, 2.05) is 0 Å². The van der Waals surface area contributed by atoms with Crippen molar-refractivity contribution in [3.8, 4) is 5.75 Å². The fraction of sp³-hybridized carbons (Fsp3) is 0.250. The van der Waals surface area contributed by atoms with Gasteiger partial charge in [0.15, 0.2) is 5.75 Å². The minimum Gasteiger partial charge on any atom is -0.493 e. The molecular weight excluding hydrogens is 271 g/mol. The normalized spacial score (nSPS) is 12.5. The number of aryl methyl sites for hydroxylation is 1. The number of aromatic nitrogens is 2. The second kappa shape index (κ2) is 5.56. The van der Waals surface area contributed by atoms with Crippen molar-refractivity contribution in [3.63, 3.8) is 0 Å². The predicted molar refractivity (Wildman–Crippen MR) is 70.3 cm³/mol. The Morgan fingerprint density at radius 2 is 2.26 bits per heavy atom. The topological polar surface area (TPSA) is 65.1 Å². The van der Waals surface area contributed by atoms with E-state index in [1.165, 1.54) is 12.1 Å². The van der Waals surface area contributed by atoms with Crippen LogP contribution in [0.5, 0.6) is 5.75 Å². The summed E-state index contributed by atoms with van der Waals surface area (Å²) in [6, 6.07) is 3.70. The summed E-state index contributed by atoms with van der Waals surface area (Å²) >= 11 is 6.06. The number of rotatable bonds is 4. The van der Waals surface area contributed by atoms with Crippen molar-refractivity contribution >= 4 is 11.6 Å². The first-order valence-electron chi connectivity index (χ1n) is 5.55. The second-order valence-electron chi connectivity index (χ2n) is 3.99. The lowest BCUT2D eigenvalue weighted by atomic mass is 10.0. The molecule has 1 aromatic carbocycles. The van der Waals surface area contributed by atoms with Gasteiger partial charge in [-0.25, -0.2) is 9.82 Å². The zero-order chi connectivity index (χ0) is 14.0. The number of nitrogens with two attached hydrogens (primary N) is 1. The summed E-state index contributed by atoms with van der Waals surface area (Å²) < 4.78 is 20.0. The van der Waals surface area contributed by atoms with E-state index >= 15 is 0 Å². The molecule has 1 atom stereocenters. The first kappa shape index (κ1) is 13.8. The molecule has 2 rings (SSSR count). The van der Waals surface area contributed by atoms with E-state index in [9.17, 15) is 4.39 Å². The molecule has 2 aromatic rings. The van der Waals surface area contributed by atoms with Crippen LogP contribution in [0, 0.1) is 5.82 Å². The van der Waals surface area contributed by atoms with Gasteiger partial charge in [0, 0.05) is 12.1 Å². The van der Waals surface area contributed by atoms with Crippen LogP contribution in [0.3, 0.4) is 0 Å². The number of hydrogen-bond acceptors (Lipinski definition) is 4. The van der Waals surface area contributed by atoms with Crippen molar-refractivity contribution < 1.29 is 9.13 Å². The first-order chi connectivity index (χ1) is 9.08. The van der Waals surface area contributed by atoms with Crippen LogP contribution < -0.4 is 16.0 Å². The maximum atomic E-state index is 13.1. The number of ether oxygens (including phenoxy) is 1. The Hall–Kier alpha value is -1.63. The van der Waals surface area contributed by atoms with E-state index in [-0.39, 0.29) is 5.02 Å². The molecule has 0 aliphatic heterocycles. The van der Waals surface area contributed by atoms with Crippen molar-refractivity contribution in [1.29, 1.82) is 0 Å². The number of halogens is 2. The van der Waals surface area contributed by atoms with Gasteiger partial charge in [0.05, 0.1) is 19.3 Å².